The van der Waals surface area contributed by atoms with Crippen LogP contribution in [0.15, 0.2) is 0 Å². The number of hydrogen-bond acceptors (Lipinski definition) is 1. The summed E-state index contributed by atoms with van der Waals surface area (Å²) in [6.07, 6.45) is 12.9. The summed E-state index contributed by atoms with van der Waals surface area (Å²) in [6, 6.07) is 0. The lowest BCUT2D eigenvalue weighted by Crippen LogP contribution is -2.55. The summed E-state index contributed by atoms with van der Waals surface area (Å²) in [5.74, 6) is 0. The third kappa shape index (κ3) is 0.891. The first-order valence-electron chi connectivity index (χ1n) is 5.55. The predicted octanol–water partition coefficient (Wildman–Crippen LogP) is 2.89. The minimum atomic E-state index is 0.660. The zero-order valence-electron chi connectivity index (χ0n) is 7.72. The Hall–Kier alpha value is -0.0400. The first kappa shape index (κ1) is 7.37. The lowest BCUT2D eigenvalue weighted by Gasteiger charge is -2.56. The largest absolute Gasteiger partial charge is 0.374 e. The second-order valence-corrected chi connectivity index (χ2v) is 4.94. The minimum absolute atomic E-state index is 0.660. The zero-order valence-corrected chi connectivity index (χ0v) is 7.72. The van der Waals surface area contributed by atoms with E-state index in [4.69, 9.17) is 4.74 Å². The van der Waals surface area contributed by atoms with Gasteiger partial charge < -0.3 is 4.74 Å². The van der Waals surface area contributed by atoms with E-state index in [1.165, 1.54) is 51.4 Å². The number of fused-ring (bicyclic) bond motifs is 1. The molecule has 1 spiro atoms. The van der Waals surface area contributed by atoms with E-state index in [1.54, 1.807) is 0 Å². The van der Waals surface area contributed by atoms with Crippen LogP contribution in [0.1, 0.15) is 51.4 Å². The standard InChI is InChI=1S/C11H18O/c1-2-5-11(6-3-1)7-4-9-8-10(11)12-9/h9-10H,1-8H2. The molecule has 0 amide bonds. The molecule has 1 heteroatoms. The lowest BCUT2D eigenvalue weighted by atomic mass is 9.60. The smallest absolute Gasteiger partial charge is 0.0659 e. The highest BCUT2D eigenvalue weighted by molar-refractivity contribution is 5.00. The van der Waals surface area contributed by atoms with Crippen molar-refractivity contribution in [1.82, 2.24) is 0 Å². The Morgan fingerprint density at radius 1 is 1.00 bits per heavy atom. The summed E-state index contributed by atoms with van der Waals surface area (Å²) in [6.45, 7) is 0. The second-order valence-electron chi connectivity index (χ2n) is 4.94. The summed E-state index contributed by atoms with van der Waals surface area (Å²) < 4.78 is 5.87. The molecule has 2 bridgehead atoms. The molecule has 0 N–H and O–H groups in total. The molecule has 2 aliphatic carbocycles. The van der Waals surface area contributed by atoms with E-state index in [0.717, 1.165) is 0 Å². The van der Waals surface area contributed by atoms with Gasteiger partial charge in [0.2, 0.25) is 0 Å². The van der Waals surface area contributed by atoms with Crippen LogP contribution in [-0.4, -0.2) is 12.2 Å². The molecule has 4 fully saturated rings. The maximum atomic E-state index is 5.87. The van der Waals surface area contributed by atoms with Crippen molar-refractivity contribution in [2.45, 2.75) is 63.6 Å². The van der Waals surface area contributed by atoms with Crippen LogP contribution in [0.5, 0.6) is 0 Å². The number of rotatable bonds is 0. The van der Waals surface area contributed by atoms with Crippen molar-refractivity contribution < 1.29 is 4.74 Å². The van der Waals surface area contributed by atoms with E-state index in [-0.39, 0.29) is 0 Å². The van der Waals surface area contributed by atoms with Crippen LogP contribution in [0.3, 0.4) is 0 Å². The van der Waals surface area contributed by atoms with Gasteiger partial charge in [-0.15, -0.1) is 0 Å². The number of hydrogen-bond donors (Lipinski definition) is 0. The van der Waals surface area contributed by atoms with E-state index in [2.05, 4.69) is 0 Å². The van der Waals surface area contributed by atoms with Gasteiger partial charge in [-0.1, -0.05) is 19.3 Å². The maximum Gasteiger partial charge on any atom is 0.0659 e. The molecule has 4 rings (SSSR count). The number of ether oxygens (including phenoxy) is 1. The van der Waals surface area contributed by atoms with E-state index >= 15 is 0 Å². The average Bonchev–Trinajstić information content (AvgIpc) is 2.04. The third-order valence-electron chi connectivity index (χ3n) is 4.33. The fourth-order valence-electron chi connectivity index (χ4n) is 3.48. The van der Waals surface area contributed by atoms with Gasteiger partial charge in [0.05, 0.1) is 12.2 Å². The third-order valence-corrected chi connectivity index (χ3v) is 4.33. The van der Waals surface area contributed by atoms with Crippen molar-refractivity contribution in [2.75, 3.05) is 0 Å². The summed E-state index contributed by atoms with van der Waals surface area (Å²) in [7, 11) is 0. The molecular formula is C11H18O. The Morgan fingerprint density at radius 2 is 1.75 bits per heavy atom. The Bertz CT molecular complexity index is 167. The molecule has 2 saturated carbocycles. The monoisotopic (exact) mass is 166 g/mol. The first-order chi connectivity index (χ1) is 5.89. The molecule has 2 heterocycles. The highest BCUT2D eigenvalue weighted by Gasteiger charge is 2.51. The molecule has 68 valence electrons. The van der Waals surface area contributed by atoms with Gasteiger partial charge in [-0.25, -0.2) is 0 Å². The van der Waals surface area contributed by atoms with Gasteiger partial charge in [-0.3, -0.25) is 0 Å². The fourth-order valence-corrected chi connectivity index (χ4v) is 3.48. The van der Waals surface area contributed by atoms with Crippen molar-refractivity contribution in [2.24, 2.45) is 5.41 Å². The zero-order chi connectivity index (χ0) is 8.02. The topological polar surface area (TPSA) is 9.23 Å². The van der Waals surface area contributed by atoms with Crippen molar-refractivity contribution in [3.63, 3.8) is 0 Å². The molecule has 4 aliphatic rings. The van der Waals surface area contributed by atoms with Gasteiger partial charge in [0.25, 0.3) is 0 Å². The minimum Gasteiger partial charge on any atom is -0.374 e. The average molecular weight is 166 g/mol. The molecule has 12 heavy (non-hydrogen) atoms. The normalized spacial score (nSPS) is 44.0. The van der Waals surface area contributed by atoms with Gasteiger partial charge in [0.15, 0.2) is 0 Å². The highest BCUT2D eigenvalue weighted by Crippen LogP contribution is 2.54. The molecule has 2 atom stereocenters. The Morgan fingerprint density at radius 3 is 2.33 bits per heavy atom. The Kier molecular flexibility index (Phi) is 1.52. The van der Waals surface area contributed by atoms with Gasteiger partial charge in [-0.05, 0) is 31.1 Å². The summed E-state index contributed by atoms with van der Waals surface area (Å²) >= 11 is 0. The van der Waals surface area contributed by atoms with Crippen LogP contribution < -0.4 is 0 Å². The van der Waals surface area contributed by atoms with Crippen molar-refractivity contribution in [1.29, 1.82) is 0 Å². The molecule has 1 nitrogen and oxygen atoms in total. The van der Waals surface area contributed by atoms with E-state index in [1.807, 2.05) is 0 Å². The summed E-state index contributed by atoms with van der Waals surface area (Å²) in [4.78, 5) is 0. The van der Waals surface area contributed by atoms with E-state index in [9.17, 15) is 0 Å². The molecule has 0 aromatic carbocycles. The van der Waals surface area contributed by atoms with Crippen molar-refractivity contribution in [3.8, 4) is 0 Å². The van der Waals surface area contributed by atoms with Crippen molar-refractivity contribution in [3.05, 3.63) is 0 Å². The van der Waals surface area contributed by atoms with Crippen LogP contribution in [0.25, 0.3) is 0 Å². The van der Waals surface area contributed by atoms with Crippen LogP contribution in [0.4, 0.5) is 0 Å². The van der Waals surface area contributed by atoms with Crippen LogP contribution in [-0.2, 0) is 4.74 Å². The van der Waals surface area contributed by atoms with Gasteiger partial charge in [0.1, 0.15) is 0 Å². The second kappa shape index (κ2) is 2.47. The molecule has 0 aromatic rings. The van der Waals surface area contributed by atoms with Gasteiger partial charge >= 0.3 is 0 Å². The quantitative estimate of drug-likeness (QED) is 0.537. The van der Waals surface area contributed by atoms with Crippen molar-refractivity contribution >= 4 is 0 Å². The predicted molar refractivity (Wildman–Crippen MR) is 48.0 cm³/mol. The van der Waals surface area contributed by atoms with Crippen LogP contribution in [0.2, 0.25) is 0 Å². The fraction of sp³-hybridized carbons (Fsp3) is 1.00. The van der Waals surface area contributed by atoms with Crippen LogP contribution in [0, 0.1) is 5.41 Å². The van der Waals surface area contributed by atoms with E-state index in [0.29, 0.717) is 17.6 Å². The molecule has 0 aromatic heterocycles. The molecule has 2 unspecified atom stereocenters. The van der Waals surface area contributed by atoms with E-state index < -0.39 is 0 Å². The first-order valence-corrected chi connectivity index (χ1v) is 5.55. The molecule has 2 saturated heterocycles. The highest BCUT2D eigenvalue weighted by atomic mass is 16.5. The molecule has 2 aliphatic heterocycles. The van der Waals surface area contributed by atoms with Crippen LogP contribution >= 0.6 is 0 Å². The SMILES string of the molecule is C1CCC2(CC1)CCC1CC2O1. The lowest BCUT2D eigenvalue weighted by molar-refractivity contribution is -0.231. The molecule has 0 radical (unpaired) electrons. The maximum absolute atomic E-state index is 5.87. The van der Waals surface area contributed by atoms with Gasteiger partial charge in [0, 0.05) is 6.42 Å². The summed E-state index contributed by atoms with van der Waals surface area (Å²) in [5, 5.41) is 0. The van der Waals surface area contributed by atoms with Gasteiger partial charge in [-0.2, -0.15) is 0 Å². The molecular weight excluding hydrogens is 148 g/mol. The Labute approximate surface area is 74.5 Å². The Balaban J connectivity index is 1.78. The summed E-state index contributed by atoms with van der Waals surface area (Å²) in [5.41, 5.74) is 0.660.